The van der Waals surface area contributed by atoms with Gasteiger partial charge in [-0.15, -0.1) is 0 Å². The van der Waals surface area contributed by atoms with Crippen LogP contribution in [0.25, 0.3) is 0 Å². The van der Waals surface area contributed by atoms with Gasteiger partial charge in [-0.1, -0.05) is 0 Å². The first-order valence-electron chi connectivity index (χ1n) is 4.27. The summed E-state index contributed by atoms with van der Waals surface area (Å²) in [5, 5.41) is 12.8. The van der Waals surface area contributed by atoms with E-state index in [2.05, 4.69) is 20.6 Å². The largest absolute Gasteiger partial charge is 0.382 e. The molecule has 2 rings (SSSR count). The lowest BCUT2D eigenvalue weighted by atomic mass is 10.4. The zero-order valence-electron chi connectivity index (χ0n) is 8.06. The second-order valence-corrected chi connectivity index (χ2v) is 3.00. The molecule has 0 aliphatic carbocycles. The van der Waals surface area contributed by atoms with Gasteiger partial charge in [0.25, 0.3) is 5.91 Å². The highest BCUT2D eigenvalue weighted by molar-refractivity contribution is 6.02. The third-order valence-corrected chi connectivity index (χ3v) is 1.90. The van der Waals surface area contributed by atoms with Crippen LogP contribution in [-0.2, 0) is 7.05 Å². The van der Waals surface area contributed by atoms with Crippen LogP contribution in [0.15, 0.2) is 18.3 Å². The van der Waals surface area contributed by atoms with Crippen molar-refractivity contribution in [1.29, 1.82) is 0 Å². The van der Waals surface area contributed by atoms with Gasteiger partial charge >= 0.3 is 0 Å². The zero-order chi connectivity index (χ0) is 10.8. The van der Waals surface area contributed by atoms with E-state index in [4.69, 9.17) is 5.73 Å². The first kappa shape index (κ1) is 9.25. The third-order valence-electron chi connectivity index (χ3n) is 1.90. The Kier molecular flexibility index (Phi) is 2.13. The van der Waals surface area contributed by atoms with Gasteiger partial charge in [0.05, 0.1) is 6.20 Å². The van der Waals surface area contributed by atoms with Gasteiger partial charge < -0.3 is 11.1 Å². The van der Waals surface area contributed by atoms with Crippen molar-refractivity contribution in [3.8, 4) is 0 Å². The van der Waals surface area contributed by atoms with Crippen LogP contribution in [0.3, 0.4) is 0 Å². The van der Waals surface area contributed by atoms with E-state index in [0.717, 1.165) is 0 Å². The van der Waals surface area contributed by atoms with E-state index in [1.807, 2.05) is 0 Å². The fourth-order valence-electron chi connectivity index (χ4n) is 1.13. The van der Waals surface area contributed by atoms with Crippen LogP contribution in [0.1, 0.15) is 10.5 Å². The number of hydrogen-bond acceptors (Lipinski definition) is 4. The van der Waals surface area contributed by atoms with Crippen molar-refractivity contribution < 1.29 is 4.79 Å². The summed E-state index contributed by atoms with van der Waals surface area (Å²) in [7, 11) is 1.73. The minimum atomic E-state index is -0.303. The molecule has 0 saturated heterocycles. The van der Waals surface area contributed by atoms with Crippen molar-refractivity contribution in [2.45, 2.75) is 0 Å². The number of carbonyl (C=O) groups excluding carboxylic acids is 1. The number of H-pyrrole nitrogens is 1. The van der Waals surface area contributed by atoms with E-state index >= 15 is 0 Å². The number of nitrogen functional groups attached to an aromatic ring is 1. The Hall–Kier alpha value is -2.31. The predicted octanol–water partition coefficient (Wildman–Crippen LogP) is -0.0223. The van der Waals surface area contributed by atoms with E-state index in [-0.39, 0.29) is 11.7 Å². The van der Waals surface area contributed by atoms with Gasteiger partial charge in [-0.2, -0.15) is 10.2 Å². The number of nitrogens with one attached hydrogen (secondary N) is 2. The van der Waals surface area contributed by atoms with Gasteiger partial charge in [0, 0.05) is 19.2 Å². The summed E-state index contributed by atoms with van der Waals surface area (Å²) in [6.45, 7) is 0. The van der Waals surface area contributed by atoms with Crippen LogP contribution >= 0.6 is 0 Å². The van der Waals surface area contributed by atoms with Crippen LogP contribution in [0.4, 0.5) is 11.6 Å². The Bertz CT molecular complexity index is 485. The summed E-state index contributed by atoms with van der Waals surface area (Å²) in [5.41, 5.74) is 5.69. The second-order valence-electron chi connectivity index (χ2n) is 3.00. The van der Waals surface area contributed by atoms with Crippen molar-refractivity contribution in [2.75, 3.05) is 11.1 Å². The van der Waals surface area contributed by atoms with Gasteiger partial charge in [-0.05, 0) is 0 Å². The van der Waals surface area contributed by atoms with Gasteiger partial charge in [0.15, 0.2) is 0 Å². The van der Waals surface area contributed by atoms with Crippen LogP contribution < -0.4 is 11.1 Å². The minimum Gasteiger partial charge on any atom is -0.382 e. The predicted molar refractivity (Wildman–Crippen MR) is 54.2 cm³/mol. The number of nitrogens with two attached hydrogens (primary N) is 1. The first-order chi connectivity index (χ1) is 7.16. The van der Waals surface area contributed by atoms with E-state index in [9.17, 15) is 4.79 Å². The number of anilines is 2. The summed E-state index contributed by atoms with van der Waals surface area (Å²) in [5.74, 6) is 0.584. The molecule has 0 aliphatic heterocycles. The fraction of sp³-hybridized carbons (Fsp3) is 0.125. The quantitative estimate of drug-likeness (QED) is 0.642. The Balaban J connectivity index is 2.14. The van der Waals surface area contributed by atoms with Crippen molar-refractivity contribution in [3.63, 3.8) is 0 Å². The Labute approximate surface area is 85.3 Å². The van der Waals surface area contributed by atoms with Crippen molar-refractivity contribution >= 4 is 17.5 Å². The van der Waals surface area contributed by atoms with Gasteiger partial charge in [-0.25, -0.2) is 0 Å². The molecule has 0 saturated carbocycles. The maximum atomic E-state index is 11.6. The molecule has 0 unspecified atom stereocenters. The molecule has 1 amide bonds. The number of carbonyl (C=O) groups is 1. The highest BCUT2D eigenvalue weighted by atomic mass is 16.2. The number of rotatable bonds is 2. The second kappa shape index (κ2) is 3.45. The molecule has 0 spiro atoms. The van der Waals surface area contributed by atoms with E-state index < -0.39 is 0 Å². The van der Waals surface area contributed by atoms with Crippen molar-refractivity contribution in [2.24, 2.45) is 7.05 Å². The highest BCUT2D eigenvalue weighted by Gasteiger charge is 2.10. The normalized spacial score (nSPS) is 10.2. The Morgan fingerprint density at radius 1 is 1.67 bits per heavy atom. The molecule has 2 aromatic rings. The first-order valence-corrected chi connectivity index (χ1v) is 4.27. The number of hydrogen-bond donors (Lipinski definition) is 3. The van der Waals surface area contributed by atoms with Gasteiger partial charge in [-0.3, -0.25) is 14.6 Å². The fourth-order valence-corrected chi connectivity index (χ4v) is 1.13. The number of amides is 1. The molecule has 0 radical (unpaired) electrons. The average molecular weight is 206 g/mol. The molecule has 0 atom stereocenters. The number of aromatic amines is 1. The Morgan fingerprint density at radius 2 is 2.47 bits per heavy atom. The summed E-state index contributed by atoms with van der Waals surface area (Å²) in [6, 6.07) is 3.16. The molecular formula is C8H10N6O. The Morgan fingerprint density at radius 3 is 3.00 bits per heavy atom. The van der Waals surface area contributed by atoms with Crippen molar-refractivity contribution in [3.05, 3.63) is 24.0 Å². The minimum absolute atomic E-state index is 0.283. The number of aromatic nitrogens is 4. The summed E-state index contributed by atoms with van der Waals surface area (Å²) in [6.07, 6.45) is 1.59. The molecule has 2 heterocycles. The molecule has 7 nitrogen and oxygen atoms in total. The maximum Gasteiger partial charge on any atom is 0.274 e. The molecule has 15 heavy (non-hydrogen) atoms. The molecule has 0 bridgehead atoms. The summed E-state index contributed by atoms with van der Waals surface area (Å²) >= 11 is 0. The smallest absolute Gasteiger partial charge is 0.274 e. The van der Waals surface area contributed by atoms with Crippen LogP contribution in [-0.4, -0.2) is 25.9 Å². The standard InChI is InChI=1S/C8H10N6O/c1-14-7(2-3-10-14)11-8(15)5-4-6(9)13-12-5/h2-4H,1H3,(H,11,15)(H3,9,12,13). The monoisotopic (exact) mass is 206 g/mol. The molecule has 2 aromatic heterocycles. The molecule has 0 aliphatic rings. The number of aryl methyl sites for hydroxylation is 1. The van der Waals surface area contributed by atoms with E-state index in [1.54, 1.807) is 24.0 Å². The maximum absolute atomic E-state index is 11.6. The molecule has 78 valence electrons. The lowest BCUT2D eigenvalue weighted by molar-refractivity contribution is 0.102. The zero-order valence-corrected chi connectivity index (χ0v) is 8.06. The summed E-state index contributed by atoms with van der Waals surface area (Å²) < 4.78 is 1.55. The van der Waals surface area contributed by atoms with Gasteiger partial charge in [0.2, 0.25) is 0 Å². The van der Waals surface area contributed by atoms with E-state index in [0.29, 0.717) is 11.5 Å². The third kappa shape index (κ3) is 1.80. The number of nitrogens with zero attached hydrogens (tertiary/aromatic N) is 3. The topological polar surface area (TPSA) is 102 Å². The molecule has 0 aromatic carbocycles. The van der Waals surface area contributed by atoms with Gasteiger partial charge in [0.1, 0.15) is 17.3 Å². The van der Waals surface area contributed by atoms with Crippen molar-refractivity contribution in [1.82, 2.24) is 20.0 Å². The lowest BCUT2D eigenvalue weighted by Gasteiger charge is -2.02. The lowest BCUT2D eigenvalue weighted by Crippen LogP contribution is -2.14. The average Bonchev–Trinajstić information content (AvgIpc) is 2.77. The SMILES string of the molecule is Cn1nccc1NC(=O)c1cc(N)n[nH]1. The van der Waals surface area contributed by atoms with Crippen LogP contribution in [0.5, 0.6) is 0 Å². The summed E-state index contributed by atoms with van der Waals surface area (Å²) in [4.78, 5) is 11.6. The van der Waals surface area contributed by atoms with Crippen LogP contribution in [0.2, 0.25) is 0 Å². The molecule has 4 N–H and O–H groups in total. The molecular weight excluding hydrogens is 196 g/mol. The molecule has 7 heteroatoms. The van der Waals surface area contributed by atoms with E-state index in [1.165, 1.54) is 6.07 Å². The van der Waals surface area contributed by atoms with Crippen LogP contribution in [0, 0.1) is 0 Å². The highest BCUT2D eigenvalue weighted by Crippen LogP contribution is 2.07. The molecule has 0 fully saturated rings.